The molecule has 0 saturated carbocycles. The quantitative estimate of drug-likeness (QED) is 0.179. The summed E-state index contributed by atoms with van der Waals surface area (Å²) in [7, 11) is -3.17. The number of hydrogen-bond acceptors (Lipinski definition) is 8. The van der Waals surface area contributed by atoms with Gasteiger partial charge in [-0.3, -0.25) is 19.2 Å². The normalized spacial score (nSPS) is 11.4. The molecule has 0 atom stereocenters. The van der Waals surface area contributed by atoms with E-state index in [4.69, 9.17) is 21.1 Å². The SMILES string of the molecule is COc1ccc(Cl)cc1N(CC(=O)N/N=C\c1ccc(OCC(C)C)cc1)S(=O)(=O)c1ccc(C)c([N+](=O)[O-])c1. The minimum Gasteiger partial charge on any atom is -0.495 e. The van der Waals surface area contributed by atoms with Gasteiger partial charge in [0, 0.05) is 16.7 Å². The van der Waals surface area contributed by atoms with Gasteiger partial charge in [-0.15, -0.1) is 0 Å². The van der Waals surface area contributed by atoms with Crippen LogP contribution in [0.1, 0.15) is 25.0 Å². The summed E-state index contributed by atoms with van der Waals surface area (Å²) < 4.78 is 39.2. The summed E-state index contributed by atoms with van der Waals surface area (Å²) >= 11 is 6.14. The zero-order valence-corrected chi connectivity index (χ0v) is 23.9. The number of amides is 1. The second-order valence-electron chi connectivity index (χ2n) is 9.10. The largest absolute Gasteiger partial charge is 0.495 e. The van der Waals surface area contributed by atoms with Gasteiger partial charge in [0.25, 0.3) is 21.6 Å². The van der Waals surface area contributed by atoms with Crippen molar-refractivity contribution in [3.63, 3.8) is 0 Å². The highest BCUT2D eigenvalue weighted by Crippen LogP contribution is 2.35. The van der Waals surface area contributed by atoms with E-state index in [0.29, 0.717) is 23.8 Å². The second kappa shape index (κ2) is 13.3. The summed E-state index contributed by atoms with van der Waals surface area (Å²) in [5.74, 6) is 0.418. The van der Waals surface area contributed by atoms with Gasteiger partial charge in [0.05, 0.1) is 35.4 Å². The van der Waals surface area contributed by atoms with Crippen LogP contribution in [0.25, 0.3) is 0 Å². The van der Waals surface area contributed by atoms with Crippen molar-refractivity contribution < 1.29 is 27.6 Å². The number of hydrogen-bond donors (Lipinski definition) is 1. The van der Waals surface area contributed by atoms with Crippen LogP contribution in [-0.2, 0) is 14.8 Å². The number of ether oxygens (including phenoxy) is 2. The molecule has 13 heteroatoms. The van der Waals surface area contributed by atoms with E-state index in [2.05, 4.69) is 10.5 Å². The molecule has 0 unspecified atom stereocenters. The summed E-state index contributed by atoms with van der Waals surface area (Å²) in [6.45, 7) is 5.44. The number of hydrazone groups is 1. The van der Waals surface area contributed by atoms with Gasteiger partial charge >= 0.3 is 0 Å². The van der Waals surface area contributed by atoms with Crippen LogP contribution in [0.2, 0.25) is 5.02 Å². The molecular formula is C27H29ClN4O7S. The topological polar surface area (TPSA) is 140 Å². The smallest absolute Gasteiger partial charge is 0.273 e. The molecule has 0 aromatic heterocycles. The third kappa shape index (κ3) is 7.70. The summed E-state index contributed by atoms with van der Waals surface area (Å²) in [6.07, 6.45) is 1.40. The van der Waals surface area contributed by atoms with Gasteiger partial charge in [-0.25, -0.2) is 13.8 Å². The zero-order valence-electron chi connectivity index (χ0n) is 22.3. The molecular weight excluding hydrogens is 560 g/mol. The van der Waals surface area contributed by atoms with Gasteiger partial charge in [-0.05, 0) is 66.9 Å². The average Bonchev–Trinajstić information content (AvgIpc) is 2.91. The van der Waals surface area contributed by atoms with Crippen molar-refractivity contribution in [3.8, 4) is 11.5 Å². The van der Waals surface area contributed by atoms with E-state index >= 15 is 0 Å². The molecule has 3 aromatic carbocycles. The zero-order chi connectivity index (χ0) is 29.4. The maximum atomic E-state index is 13.7. The summed E-state index contributed by atoms with van der Waals surface area (Å²) in [5.41, 5.74) is 2.85. The number of carbonyl (C=O) groups excluding carboxylic acids is 1. The Bertz CT molecular complexity index is 1510. The fourth-order valence-electron chi connectivity index (χ4n) is 3.49. The lowest BCUT2D eigenvalue weighted by Crippen LogP contribution is -2.39. The molecule has 0 saturated heterocycles. The number of nitrogens with zero attached hydrogens (tertiary/aromatic N) is 3. The number of aryl methyl sites for hydroxylation is 1. The van der Waals surface area contributed by atoms with Crippen molar-refractivity contribution in [1.82, 2.24) is 5.43 Å². The van der Waals surface area contributed by atoms with E-state index in [1.165, 1.54) is 50.6 Å². The molecule has 3 aromatic rings. The van der Waals surface area contributed by atoms with E-state index < -0.39 is 27.4 Å². The number of nitrogens with one attached hydrogen (secondary N) is 1. The third-order valence-corrected chi connectivity index (χ3v) is 7.52. The Balaban J connectivity index is 1.88. The fourth-order valence-corrected chi connectivity index (χ4v) is 5.10. The maximum Gasteiger partial charge on any atom is 0.273 e. The first-order valence-corrected chi connectivity index (χ1v) is 13.9. The molecule has 3 rings (SSSR count). The lowest BCUT2D eigenvalue weighted by molar-refractivity contribution is -0.385. The van der Waals surface area contributed by atoms with Crippen molar-refractivity contribution in [2.45, 2.75) is 25.7 Å². The van der Waals surface area contributed by atoms with Crippen molar-refractivity contribution in [1.29, 1.82) is 0 Å². The standard InChI is InChI=1S/C27H29ClN4O7S/c1-18(2)17-39-22-9-6-20(7-10-22)15-29-30-27(33)16-31(25-13-21(28)8-12-26(25)38-4)40(36,37)23-11-5-19(3)24(14-23)32(34)35/h5-15,18H,16-17H2,1-4H3,(H,30,33)/b29-15-. The average molecular weight is 589 g/mol. The van der Waals surface area contributed by atoms with E-state index in [1.54, 1.807) is 24.3 Å². The number of anilines is 1. The predicted octanol–water partition coefficient (Wildman–Crippen LogP) is 4.95. The molecule has 40 heavy (non-hydrogen) atoms. The Morgan fingerprint density at radius 3 is 2.48 bits per heavy atom. The van der Waals surface area contributed by atoms with Crippen molar-refractivity contribution >= 4 is 45.1 Å². The van der Waals surface area contributed by atoms with Gasteiger partial charge in [-0.1, -0.05) is 31.5 Å². The molecule has 11 nitrogen and oxygen atoms in total. The Hall–Kier alpha value is -4.16. The van der Waals surface area contributed by atoms with Crippen LogP contribution >= 0.6 is 11.6 Å². The Morgan fingerprint density at radius 2 is 1.85 bits per heavy atom. The van der Waals surface area contributed by atoms with Crippen LogP contribution in [0, 0.1) is 23.0 Å². The number of halogens is 1. The van der Waals surface area contributed by atoms with Crippen molar-refractivity contribution in [3.05, 3.63) is 86.9 Å². The highest BCUT2D eigenvalue weighted by Gasteiger charge is 2.31. The van der Waals surface area contributed by atoms with E-state index in [0.717, 1.165) is 10.4 Å². The van der Waals surface area contributed by atoms with Crippen LogP contribution in [0.3, 0.4) is 0 Å². The summed E-state index contributed by atoms with van der Waals surface area (Å²) in [5, 5.41) is 15.6. The summed E-state index contributed by atoms with van der Waals surface area (Å²) in [6, 6.07) is 14.8. The molecule has 0 radical (unpaired) electrons. The molecule has 0 spiro atoms. The lowest BCUT2D eigenvalue weighted by Gasteiger charge is -2.25. The maximum absolute atomic E-state index is 13.7. The second-order valence-corrected chi connectivity index (χ2v) is 11.4. The molecule has 0 aliphatic rings. The number of benzene rings is 3. The predicted molar refractivity (Wildman–Crippen MR) is 153 cm³/mol. The highest BCUT2D eigenvalue weighted by molar-refractivity contribution is 7.92. The Kier molecular flexibility index (Phi) is 10.1. The van der Waals surface area contributed by atoms with E-state index in [-0.39, 0.29) is 32.6 Å². The Labute approximate surface area is 237 Å². The number of carbonyl (C=O) groups is 1. The number of rotatable bonds is 12. The van der Waals surface area contributed by atoms with Crippen LogP contribution in [-0.4, -0.2) is 45.7 Å². The highest BCUT2D eigenvalue weighted by atomic mass is 35.5. The van der Waals surface area contributed by atoms with Gasteiger partial charge in [0.2, 0.25) is 0 Å². The van der Waals surface area contributed by atoms with Gasteiger partial charge in [-0.2, -0.15) is 5.10 Å². The van der Waals surface area contributed by atoms with Crippen LogP contribution in [0.4, 0.5) is 11.4 Å². The minimum atomic E-state index is -4.50. The van der Waals surface area contributed by atoms with Gasteiger partial charge < -0.3 is 9.47 Å². The van der Waals surface area contributed by atoms with E-state index in [1.807, 2.05) is 13.8 Å². The third-order valence-electron chi connectivity index (χ3n) is 5.53. The van der Waals surface area contributed by atoms with Crippen LogP contribution < -0.4 is 19.2 Å². The number of nitro benzene ring substituents is 1. The van der Waals surface area contributed by atoms with E-state index in [9.17, 15) is 23.3 Å². The minimum absolute atomic E-state index is 0.0330. The fraction of sp³-hybridized carbons (Fsp3) is 0.259. The van der Waals surface area contributed by atoms with Gasteiger partial charge in [0.15, 0.2) is 0 Å². The van der Waals surface area contributed by atoms with Crippen molar-refractivity contribution in [2.24, 2.45) is 11.0 Å². The molecule has 0 heterocycles. The first-order chi connectivity index (χ1) is 18.9. The molecule has 0 aliphatic heterocycles. The molecule has 0 aliphatic carbocycles. The number of sulfonamides is 1. The molecule has 212 valence electrons. The first kappa shape index (κ1) is 30.4. The lowest BCUT2D eigenvalue weighted by atomic mass is 10.2. The Morgan fingerprint density at radius 1 is 1.15 bits per heavy atom. The van der Waals surface area contributed by atoms with Gasteiger partial charge in [0.1, 0.15) is 18.0 Å². The molecule has 1 amide bonds. The van der Waals surface area contributed by atoms with Crippen molar-refractivity contribution in [2.75, 3.05) is 24.6 Å². The number of methoxy groups -OCH3 is 1. The molecule has 1 N–H and O–H groups in total. The first-order valence-electron chi connectivity index (χ1n) is 12.1. The van der Waals surface area contributed by atoms with Crippen LogP contribution in [0.15, 0.2) is 70.7 Å². The number of nitro groups is 1. The monoisotopic (exact) mass is 588 g/mol. The summed E-state index contributed by atoms with van der Waals surface area (Å²) in [4.78, 5) is 23.3. The van der Waals surface area contributed by atoms with Crippen LogP contribution in [0.5, 0.6) is 11.5 Å². The molecule has 0 bridgehead atoms. The molecule has 0 fully saturated rings.